The highest BCUT2D eigenvalue weighted by Crippen LogP contribution is 2.44. The summed E-state index contributed by atoms with van der Waals surface area (Å²) in [4.78, 5) is 11.3. The van der Waals surface area contributed by atoms with Gasteiger partial charge in [-0.2, -0.15) is 0 Å². The van der Waals surface area contributed by atoms with E-state index < -0.39 is 5.60 Å². The number of aromatic hydroxyl groups is 1. The molecule has 0 amide bonds. The molecule has 0 aliphatic carbocycles. The van der Waals surface area contributed by atoms with E-state index in [2.05, 4.69) is 16.0 Å². The van der Waals surface area contributed by atoms with Crippen molar-refractivity contribution >= 4 is 23.1 Å². The number of aryl methyl sites for hydroxylation is 2. The number of benzene rings is 2. The fourth-order valence-corrected chi connectivity index (χ4v) is 6.17. The Hall–Kier alpha value is -3.07. The number of hydrogen-bond donors (Lipinski definition) is 2. The van der Waals surface area contributed by atoms with Gasteiger partial charge in [-0.1, -0.05) is 11.8 Å². The summed E-state index contributed by atoms with van der Waals surface area (Å²) in [5.74, 6) is 2.08. The van der Waals surface area contributed by atoms with Gasteiger partial charge in [0.2, 0.25) is 0 Å². The van der Waals surface area contributed by atoms with E-state index in [9.17, 15) is 10.2 Å². The van der Waals surface area contributed by atoms with E-state index in [1.54, 1.807) is 57.2 Å². The van der Waals surface area contributed by atoms with Gasteiger partial charge >= 0.3 is 0 Å². The molecule has 8 heteroatoms. The molecule has 0 aliphatic rings. The van der Waals surface area contributed by atoms with Gasteiger partial charge in [0.15, 0.2) is 16.7 Å². The Labute approximate surface area is 220 Å². The van der Waals surface area contributed by atoms with Gasteiger partial charge in [0, 0.05) is 32.5 Å². The number of phenolic OH excluding ortho intramolecular Hbond substituents is 1. The van der Waals surface area contributed by atoms with Crippen LogP contribution in [0.4, 0.5) is 0 Å². The Bertz CT molecular complexity index is 1370. The Morgan fingerprint density at radius 1 is 0.889 bits per heavy atom. The molecule has 188 valence electrons. The number of hydrogen-bond acceptors (Lipinski definition) is 8. The largest absolute Gasteiger partial charge is 0.508 e. The maximum atomic E-state index is 10.6. The van der Waals surface area contributed by atoms with Crippen LogP contribution in [0.1, 0.15) is 36.4 Å². The summed E-state index contributed by atoms with van der Waals surface area (Å²) in [7, 11) is 3.25. The molecule has 2 aromatic carbocycles. The van der Waals surface area contributed by atoms with Gasteiger partial charge in [-0.15, -0.1) is 11.3 Å². The first-order chi connectivity index (χ1) is 17.1. The fraction of sp³-hybridized carbons (Fsp3) is 0.286. The van der Waals surface area contributed by atoms with Gasteiger partial charge in [-0.25, -0.2) is 9.97 Å². The molecule has 0 aliphatic heterocycles. The van der Waals surface area contributed by atoms with Crippen molar-refractivity contribution in [3.05, 3.63) is 71.0 Å². The zero-order chi connectivity index (χ0) is 26.0. The number of rotatable bonds is 8. The van der Waals surface area contributed by atoms with Crippen LogP contribution in [-0.4, -0.2) is 34.4 Å². The molecule has 36 heavy (non-hydrogen) atoms. The summed E-state index contributed by atoms with van der Waals surface area (Å²) in [5.41, 5.74) is 4.25. The first-order valence-electron chi connectivity index (χ1n) is 11.5. The minimum atomic E-state index is -1.18. The van der Waals surface area contributed by atoms with E-state index in [0.717, 1.165) is 43.0 Å². The molecule has 0 bridgehead atoms. The average Bonchev–Trinajstić information content (AvgIpc) is 3.25. The van der Waals surface area contributed by atoms with Crippen molar-refractivity contribution in [2.45, 2.75) is 44.2 Å². The SMILES string of the molecule is COc1ccc(-c2cc(CSc3nc(C)cc(C)n3)c(-c3ccc(O)c(C(C)(C)O)c3)s2)cc1OC. The smallest absolute Gasteiger partial charge is 0.188 e. The summed E-state index contributed by atoms with van der Waals surface area (Å²) >= 11 is 3.24. The molecular weight excluding hydrogens is 492 g/mol. The van der Waals surface area contributed by atoms with Crippen molar-refractivity contribution in [1.29, 1.82) is 0 Å². The summed E-state index contributed by atoms with van der Waals surface area (Å²) < 4.78 is 10.9. The molecule has 0 atom stereocenters. The Morgan fingerprint density at radius 2 is 1.56 bits per heavy atom. The van der Waals surface area contributed by atoms with Crippen LogP contribution in [0.5, 0.6) is 17.2 Å². The van der Waals surface area contributed by atoms with Crippen LogP contribution in [-0.2, 0) is 11.4 Å². The normalized spacial score (nSPS) is 11.5. The van der Waals surface area contributed by atoms with E-state index in [0.29, 0.717) is 22.8 Å². The summed E-state index contributed by atoms with van der Waals surface area (Å²) in [6.07, 6.45) is 0. The lowest BCUT2D eigenvalue weighted by Crippen LogP contribution is -2.15. The molecule has 2 heterocycles. The number of phenols is 1. The Balaban J connectivity index is 1.79. The summed E-state index contributed by atoms with van der Waals surface area (Å²) in [6.45, 7) is 7.28. The van der Waals surface area contributed by atoms with E-state index in [4.69, 9.17) is 9.47 Å². The minimum absolute atomic E-state index is 0.0717. The van der Waals surface area contributed by atoms with Crippen LogP contribution in [0.25, 0.3) is 20.9 Å². The Kier molecular flexibility index (Phi) is 7.59. The molecule has 0 unspecified atom stereocenters. The van der Waals surface area contributed by atoms with Crippen molar-refractivity contribution in [3.8, 4) is 38.1 Å². The van der Waals surface area contributed by atoms with Gasteiger partial charge in [-0.3, -0.25) is 0 Å². The number of nitrogens with zero attached hydrogens (tertiary/aromatic N) is 2. The quantitative estimate of drug-likeness (QED) is 0.196. The van der Waals surface area contributed by atoms with E-state index in [1.807, 2.05) is 50.2 Å². The van der Waals surface area contributed by atoms with Gasteiger partial charge in [0.1, 0.15) is 5.75 Å². The second kappa shape index (κ2) is 10.5. The second-order valence-electron chi connectivity index (χ2n) is 9.05. The summed E-state index contributed by atoms with van der Waals surface area (Å²) in [5, 5.41) is 21.7. The lowest BCUT2D eigenvalue weighted by Gasteiger charge is -2.20. The molecule has 0 saturated carbocycles. The number of methoxy groups -OCH3 is 2. The van der Waals surface area contributed by atoms with E-state index in [1.165, 1.54) is 0 Å². The maximum absolute atomic E-state index is 10.6. The van der Waals surface area contributed by atoms with Crippen molar-refractivity contribution < 1.29 is 19.7 Å². The minimum Gasteiger partial charge on any atom is -0.508 e. The predicted octanol–water partition coefficient (Wildman–Crippen LogP) is 6.73. The zero-order valence-electron chi connectivity index (χ0n) is 21.2. The standard InChI is InChI=1S/C28H30N2O4S2/c1-16-11-17(2)30-27(29-16)35-15-20-14-25(18-8-10-23(33-5)24(13-18)34-6)36-26(20)19-7-9-22(31)21(12-19)28(3,4)32/h7-14,31-32H,15H2,1-6H3. The molecule has 0 spiro atoms. The zero-order valence-corrected chi connectivity index (χ0v) is 22.9. The van der Waals surface area contributed by atoms with E-state index in [-0.39, 0.29) is 5.75 Å². The maximum Gasteiger partial charge on any atom is 0.188 e. The number of aromatic nitrogens is 2. The summed E-state index contributed by atoms with van der Waals surface area (Å²) in [6, 6.07) is 15.4. The van der Waals surface area contributed by atoms with Crippen molar-refractivity contribution in [2.24, 2.45) is 0 Å². The lowest BCUT2D eigenvalue weighted by molar-refractivity contribution is 0.0759. The molecule has 0 radical (unpaired) electrons. The highest BCUT2D eigenvalue weighted by atomic mass is 32.2. The number of thiophene rings is 1. The van der Waals surface area contributed by atoms with Gasteiger partial charge < -0.3 is 19.7 Å². The molecule has 0 saturated heterocycles. The van der Waals surface area contributed by atoms with Crippen molar-refractivity contribution in [2.75, 3.05) is 14.2 Å². The molecule has 4 rings (SSSR count). The van der Waals surface area contributed by atoms with Crippen LogP contribution < -0.4 is 9.47 Å². The highest BCUT2D eigenvalue weighted by Gasteiger charge is 2.22. The molecule has 0 fully saturated rings. The molecule has 4 aromatic rings. The highest BCUT2D eigenvalue weighted by molar-refractivity contribution is 7.98. The molecule has 6 nitrogen and oxygen atoms in total. The monoisotopic (exact) mass is 522 g/mol. The molecule has 2 aromatic heterocycles. The van der Waals surface area contributed by atoms with Crippen LogP contribution >= 0.6 is 23.1 Å². The first-order valence-corrected chi connectivity index (χ1v) is 13.3. The van der Waals surface area contributed by atoms with Gasteiger partial charge in [-0.05, 0) is 92.9 Å². The molecule has 2 N–H and O–H groups in total. The first kappa shape index (κ1) is 26.0. The van der Waals surface area contributed by atoms with Crippen LogP contribution in [0, 0.1) is 13.8 Å². The van der Waals surface area contributed by atoms with Crippen LogP contribution in [0.3, 0.4) is 0 Å². The van der Waals surface area contributed by atoms with Crippen LogP contribution in [0.15, 0.2) is 53.7 Å². The fourth-order valence-electron chi connectivity index (χ4n) is 3.98. The third-order valence-electron chi connectivity index (χ3n) is 5.71. The van der Waals surface area contributed by atoms with Crippen molar-refractivity contribution in [3.63, 3.8) is 0 Å². The number of ether oxygens (including phenoxy) is 2. The number of thioether (sulfide) groups is 1. The topological polar surface area (TPSA) is 84.7 Å². The lowest BCUT2D eigenvalue weighted by atomic mass is 9.94. The van der Waals surface area contributed by atoms with E-state index >= 15 is 0 Å². The third-order valence-corrected chi connectivity index (χ3v) is 7.89. The van der Waals surface area contributed by atoms with Crippen LogP contribution in [0.2, 0.25) is 0 Å². The molecular formula is C28H30N2O4S2. The Morgan fingerprint density at radius 3 is 2.19 bits per heavy atom. The predicted molar refractivity (Wildman–Crippen MR) is 146 cm³/mol. The van der Waals surface area contributed by atoms with Crippen molar-refractivity contribution in [1.82, 2.24) is 9.97 Å². The third kappa shape index (κ3) is 5.67. The number of aliphatic hydroxyl groups is 1. The van der Waals surface area contributed by atoms with Gasteiger partial charge in [0.05, 0.1) is 19.8 Å². The average molecular weight is 523 g/mol. The second-order valence-corrected chi connectivity index (χ2v) is 11.0. The van der Waals surface area contributed by atoms with Gasteiger partial charge in [0.25, 0.3) is 0 Å².